The van der Waals surface area contributed by atoms with Crippen LogP contribution in [0.25, 0.3) is 10.9 Å². The highest BCUT2D eigenvalue weighted by Gasteiger charge is 2.08. The van der Waals surface area contributed by atoms with Gasteiger partial charge in [0.05, 0.1) is 17.4 Å². The second-order valence-electron chi connectivity index (χ2n) is 3.52. The van der Waals surface area contributed by atoms with E-state index in [1.54, 1.807) is 6.20 Å². The van der Waals surface area contributed by atoms with Crippen molar-refractivity contribution in [1.29, 1.82) is 0 Å². The first-order valence-electron chi connectivity index (χ1n) is 5.38. The minimum Gasteiger partial charge on any atom is -0.369 e. The lowest BCUT2D eigenvalue weighted by Gasteiger charge is -2.22. The van der Waals surface area contributed by atoms with E-state index in [0.717, 1.165) is 29.7 Å². The van der Waals surface area contributed by atoms with E-state index in [1.807, 2.05) is 18.2 Å². The molecule has 0 spiro atoms. The van der Waals surface area contributed by atoms with Gasteiger partial charge in [0.15, 0.2) is 0 Å². The minimum atomic E-state index is 0.616. The van der Waals surface area contributed by atoms with Gasteiger partial charge in [-0.2, -0.15) is 10.2 Å². The lowest BCUT2D eigenvalue weighted by Crippen LogP contribution is -2.25. The van der Waals surface area contributed by atoms with Crippen LogP contribution in [0.15, 0.2) is 30.5 Å². The van der Waals surface area contributed by atoms with Crippen LogP contribution in [0.3, 0.4) is 0 Å². The third-order valence-electron chi connectivity index (χ3n) is 2.60. The normalized spacial score (nSPS) is 10.6. The molecule has 2 rings (SSSR count). The van der Waals surface area contributed by atoms with Gasteiger partial charge in [0.25, 0.3) is 0 Å². The Bertz CT molecular complexity index is 467. The van der Waals surface area contributed by atoms with Crippen LogP contribution < -0.4 is 4.90 Å². The van der Waals surface area contributed by atoms with Gasteiger partial charge in [-0.15, -0.1) is 11.6 Å². The Kier molecular flexibility index (Phi) is 3.57. The molecule has 0 fully saturated rings. The van der Waals surface area contributed by atoms with Crippen LogP contribution in [0.1, 0.15) is 6.92 Å². The highest BCUT2D eigenvalue weighted by molar-refractivity contribution is 6.18. The number of nitrogens with zero attached hydrogens (tertiary/aromatic N) is 3. The number of hydrogen-bond acceptors (Lipinski definition) is 3. The summed E-state index contributed by atoms with van der Waals surface area (Å²) in [7, 11) is 0. The Morgan fingerprint density at radius 1 is 1.31 bits per heavy atom. The Morgan fingerprint density at radius 2 is 2.12 bits per heavy atom. The van der Waals surface area contributed by atoms with Gasteiger partial charge in [0.2, 0.25) is 0 Å². The van der Waals surface area contributed by atoms with Crippen LogP contribution in [0, 0.1) is 0 Å². The van der Waals surface area contributed by atoms with E-state index in [0.29, 0.717) is 5.88 Å². The molecule has 4 heteroatoms. The van der Waals surface area contributed by atoms with Crippen molar-refractivity contribution in [2.24, 2.45) is 0 Å². The van der Waals surface area contributed by atoms with E-state index >= 15 is 0 Å². The summed E-state index contributed by atoms with van der Waals surface area (Å²) < 4.78 is 0. The zero-order valence-corrected chi connectivity index (χ0v) is 9.98. The van der Waals surface area contributed by atoms with Crippen molar-refractivity contribution in [3.8, 4) is 0 Å². The topological polar surface area (TPSA) is 29.0 Å². The minimum absolute atomic E-state index is 0.616. The molecule has 0 saturated carbocycles. The molecular formula is C12H14ClN3. The highest BCUT2D eigenvalue weighted by Crippen LogP contribution is 2.23. The molecule has 1 aromatic heterocycles. The molecule has 0 radical (unpaired) electrons. The van der Waals surface area contributed by atoms with Gasteiger partial charge in [-0.1, -0.05) is 18.2 Å². The van der Waals surface area contributed by atoms with E-state index in [9.17, 15) is 0 Å². The third-order valence-corrected chi connectivity index (χ3v) is 2.77. The Labute approximate surface area is 100 Å². The van der Waals surface area contributed by atoms with E-state index in [-0.39, 0.29) is 0 Å². The van der Waals surface area contributed by atoms with Gasteiger partial charge in [-0.25, -0.2) is 0 Å². The zero-order valence-electron chi connectivity index (χ0n) is 9.23. The maximum Gasteiger partial charge on any atom is 0.0950 e. The molecule has 0 aliphatic carbocycles. The van der Waals surface area contributed by atoms with Gasteiger partial charge in [0, 0.05) is 24.4 Å². The van der Waals surface area contributed by atoms with Gasteiger partial charge in [0.1, 0.15) is 0 Å². The predicted molar refractivity (Wildman–Crippen MR) is 68.1 cm³/mol. The summed E-state index contributed by atoms with van der Waals surface area (Å²) in [4.78, 5) is 2.21. The fourth-order valence-corrected chi connectivity index (χ4v) is 2.00. The summed E-state index contributed by atoms with van der Waals surface area (Å²) in [6.07, 6.45) is 1.80. The molecule has 16 heavy (non-hydrogen) atoms. The molecule has 0 atom stereocenters. The van der Waals surface area contributed by atoms with E-state index in [2.05, 4.69) is 28.1 Å². The Hall–Kier alpha value is -1.35. The average molecular weight is 236 g/mol. The maximum atomic E-state index is 5.80. The molecule has 0 bridgehead atoms. The molecule has 84 valence electrons. The van der Waals surface area contributed by atoms with Gasteiger partial charge in [-0.05, 0) is 13.0 Å². The van der Waals surface area contributed by atoms with E-state index in [4.69, 9.17) is 11.6 Å². The molecule has 0 amide bonds. The highest BCUT2D eigenvalue weighted by atomic mass is 35.5. The monoisotopic (exact) mass is 235 g/mol. The molecule has 0 saturated heterocycles. The first-order valence-corrected chi connectivity index (χ1v) is 5.91. The summed E-state index contributed by atoms with van der Waals surface area (Å²) in [6.45, 7) is 3.86. The Balaban J connectivity index is 2.50. The van der Waals surface area contributed by atoms with E-state index in [1.165, 1.54) is 0 Å². The number of halogens is 1. The number of alkyl halides is 1. The fourth-order valence-electron chi connectivity index (χ4n) is 1.80. The number of rotatable bonds is 4. The van der Waals surface area contributed by atoms with Gasteiger partial charge >= 0.3 is 0 Å². The first kappa shape index (κ1) is 11.1. The second-order valence-corrected chi connectivity index (χ2v) is 3.89. The van der Waals surface area contributed by atoms with Crippen molar-refractivity contribution < 1.29 is 0 Å². The van der Waals surface area contributed by atoms with Crippen molar-refractivity contribution in [3.63, 3.8) is 0 Å². The largest absolute Gasteiger partial charge is 0.369 e. The molecule has 0 N–H and O–H groups in total. The SMILES string of the molecule is CCN(CCCl)c1cnnc2ccccc12. The Morgan fingerprint density at radius 3 is 2.88 bits per heavy atom. The molecule has 2 aromatic rings. The molecule has 1 heterocycles. The van der Waals surface area contributed by atoms with Crippen LogP contribution >= 0.6 is 11.6 Å². The second kappa shape index (κ2) is 5.12. The summed E-state index contributed by atoms with van der Waals surface area (Å²) in [5.74, 6) is 0.616. The van der Waals surface area contributed by atoms with Crippen LogP contribution in [0.4, 0.5) is 5.69 Å². The quantitative estimate of drug-likeness (QED) is 0.763. The van der Waals surface area contributed by atoms with Crippen molar-refractivity contribution in [1.82, 2.24) is 10.2 Å². The number of fused-ring (bicyclic) bond motifs is 1. The van der Waals surface area contributed by atoms with Crippen LogP contribution in [0.5, 0.6) is 0 Å². The summed E-state index contributed by atoms with van der Waals surface area (Å²) in [6, 6.07) is 8.03. The fraction of sp³-hybridized carbons (Fsp3) is 0.333. The van der Waals surface area contributed by atoms with Gasteiger partial charge < -0.3 is 4.90 Å². The molecule has 0 unspecified atom stereocenters. The van der Waals surface area contributed by atoms with Gasteiger partial charge in [-0.3, -0.25) is 0 Å². The number of aromatic nitrogens is 2. The van der Waals surface area contributed by atoms with Crippen molar-refractivity contribution >= 4 is 28.2 Å². The first-order chi connectivity index (χ1) is 7.86. The lowest BCUT2D eigenvalue weighted by atomic mass is 10.2. The van der Waals surface area contributed by atoms with Crippen LogP contribution in [-0.2, 0) is 0 Å². The molecule has 3 nitrogen and oxygen atoms in total. The molecule has 0 aliphatic rings. The lowest BCUT2D eigenvalue weighted by molar-refractivity contribution is 0.866. The van der Waals surface area contributed by atoms with Crippen molar-refractivity contribution in [3.05, 3.63) is 30.5 Å². The van der Waals surface area contributed by atoms with Crippen molar-refractivity contribution in [2.45, 2.75) is 6.92 Å². The number of benzene rings is 1. The molecule has 0 aliphatic heterocycles. The predicted octanol–water partition coefficient (Wildman–Crippen LogP) is 2.69. The molecule has 1 aromatic carbocycles. The third kappa shape index (κ3) is 2.09. The summed E-state index contributed by atoms with van der Waals surface area (Å²) in [5.41, 5.74) is 2.03. The standard InChI is InChI=1S/C12H14ClN3/c1-2-16(8-7-13)12-9-14-15-11-6-4-3-5-10(11)12/h3-6,9H,2,7-8H2,1H3. The smallest absolute Gasteiger partial charge is 0.0950 e. The number of hydrogen-bond donors (Lipinski definition) is 0. The maximum absolute atomic E-state index is 5.80. The van der Waals surface area contributed by atoms with Crippen molar-refractivity contribution in [2.75, 3.05) is 23.9 Å². The van der Waals surface area contributed by atoms with Crippen LogP contribution in [0.2, 0.25) is 0 Å². The average Bonchev–Trinajstić information content (AvgIpc) is 2.35. The van der Waals surface area contributed by atoms with Crippen LogP contribution in [-0.4, -0.2) is 29.2 Å². The summed E-state index contributed by atoms with van der Waals surface area (Å²) in [5, 5.41) is 9.27. The zero-order chi connectivity index (χ0) is 11.4. The molecular weight excluding hydrogens is 222 g/mol. The summed E-state index contributed by atoms with van der Waals surface area (Å²) >= 11 is 5.80. The van der Waals surface area contributed by atoms with E-state index < -0.39 is 0 Å². The number of anilines is 1.